The molecular formula is C13H18N4O3. The number of hydrogen-bond acceptors (Lipinski definition) is 5. The topological polar surface area (TPSA) is 109 Å². The average molecular weight is 278 g/mol. The number of likely N-dealkylation sites (tertiary alicyclic amines) is 1. The molecule has 0 radical (unpaired) electrons. The number of carbonyl (C=O) groups is 2. The Morgan fingerprint density at radius 2 is 2.05 bits per heavy atom. The second kappa shape index (κ2) is 6.23. The first-order valence-electron chi connectivity index (χ1n) is 6.59. The lowest BCUT2D eigenvalue weighted by Crippen LogP contribution is -2.29. The van der Waals surface area contributed by atoms with Gasteiger partial charge in [-0.3, -0.25) is 4.79 Å². The number of anilines is 2. The van der Waals surface area contributed by atoms with Crippen molar-refractivity contribution in [2.24, 2.45) is 0 Å². The summed E-state index contributed by atoms with van der Waals surface area (Å²) >= 11 is 0. The van der Waals surface area contributed by atoms with E-state index in [-0.39, 0.29) is 11.6 Å². The lowest BCUT2D eigenvalue weighted by Gasteiger charge is -2.15. The van der Waals surface area contributed by atoms with E-state index in [1.165, 1.54) is 12.1 Å². The second-order valence-electron chi connectivity index (χ2n) is 4.70. The number of carboxylic acid groups (broad SMARTS) is 1. The van der Waals surface area contributed by atoms with E-state index in [0.717, 1.165) is 25.9 Å². The van der Waals surface area contributed by atoms with Crippen LogP contribution in [0.5, 0.6) is 0 Å². The second-order valence-corrected chi connectivity index (χ2v) is 4.70. The summed E-state index contributed by atoms with van der Waals surface area (Å²) in [5.74, 6) is -0.705. The molecule has 1 amide bonds. The van der Waals surface area contributed by atoms with Crippen LogP contribution in [0.4, 0.5) is 11.5 Å². The number of nitrogens with zero attached hydrogens (tertiary/aromatic N) is 2. The maximum absolute atomic E-state index is 11.8. The number of rotatable bonds is 5. The minimum Gasteiger partial charge on any atom is -0.477 e. The number of nitrogens with two attached hydrogens (primary N) is 1. The van der Waals surface area contributed by atoms with Gasteiger partial charge in [0.1, 0.15) is 5.82 Å². The van der Waals surface area contributed by atoms with Gasteiger partial charge in [-0.2, -0.15) is 0 Å². The van der Waals surface area contributed by atoms with Crippen molar-refractivity contribution >= 4 is 23.4 Å². The van der Waals surface area contributed by atoms with Crippen LogP contribution in [0, 0.1) is 0 Å². The lowest BCUT2D eigenvalue weighted by atomic mass is 10.3. The van der Waals surface area contributed by atoms with Gasteiger partial charge in [0, 0.05) is 26.1 Å². The molecule has 1 saturated heterocycles. The molecule has 4 N–H and O–H groups in total. The number of aromatic nitrogens is 1. The summed E-state index contributed by atoms with van der Waals surface area (Å²) < 4.78 is 0. The number of nitrogens with one attached hydrogen (secondary N) is 1. The van der Waals surface area contributed by atoms with E-state index in [0.29, 0.717) is 24.5 Å². The van der Waals surface area contributed by atoms with E-state index in [1.54, 1.807) is 0 Å². The molecule has 0 aromatic carbocycles. The molecule has 0 saturated carbocycles. The van der Waals surface area contributed by atoms with Crippen molar-refractivity contribution in [2.45, 2.75) is 19.3 Å². The zero-order chi connectivity index (χ0) is 14.5. The summed E-state index contributed by atoms with van der Waals surface area (Å²) in [5.41, 5.74) is 6.00. The molecule has 2 rings (SSSR count). The number of amides is 1. The van der Waals surface area contributed by atoms with Gasteiger partial charge in [0.25, 0.3) is 0 Å². The van der Waals surface area contributed by atoms with Crippen LogP contribution >= 0.6 is 0 Å². The first-order valence-corrected chi connectivity index (χ1v) is 6.59. The van der Waals surface area contributed by atoms with E-state index in [4.69, 9.17) is 10.8 Å². The number of carbonyl (C=O) groups excluding carboxylic acids is 1. The highest BCUT2D eigenvalue weighted by Gasteiger charge is 2.17. The smallest absolute Gasteiger partial charge is 0.354 e. The standard InChI is InChI=1S/C13H18N4O3/c14-9-3-4-10(13(19)20)16-12(9)15-6-5-11(18)17-7-1-2-8-17/h3-4H,1-2,5-8,14H2,(H,15,16)(H,19,20). The molecule has 108 valence electrons. The van der Waals surface area contributed by atoms with Crippen molar-refractivity contribution in [3.8, 4) is 0 Å². The minimum absolute atomic E-state index is 0.0763. The number of aromatic carboxylic acids is 1. The van der Waals surface area contributed by atoms with Gasteiger partial charge in [0.05, 0.1) is 5.69 Å². The van der Waals surface area contributed by atoms with Gasteiger partial charge >= 0.3 is 5.97 Å². The molecule has 7 nitrogen and oxygen atoms in total. The van der Waals surface area contributed by atoms with Crippen molar-refractivity contribution in [3.63, 3.8) is 0 Å². The number of nitrogen functional groups attached to an aromatic ring is 1. The molecule has 20 heavy (non-hydrogen) atoms. The molecule has 0 aliphatic carbocycles. The van der Waals surface area contributed by atoms with Crippen LogP contribution in [-0.2, 0) is 4.79 Å². The molecule has 0 atom stereocenters. The number of hydrogen-bond donors (Lipinski definition) is 3. The van der Waals surface area contributed by atoms with Gasteiger partial charge in [-0.1, -0.05) is 0 Å². The predicted octanol–water partition coefficient (Wildman–Crippen LogP) is 0.786. The Labute approximate surface area is 116 Å². The third kappa shape index (κ3) is 3.37. The third-order valence-electron chi connectivity index (χ3n) is 3.24. The lowest BCUT2D eigenvalue weighted by molar-refractivity contribution is -0.129. The Morgan fingerprint density at radius 3 is 2.70 bits per heavy atom. The van der Waals surface area contributed by atoms with Crippen molar-refractivity contribution < 1.29 is 14.7 Å². The maximum atomic E-state index is 11.8. The van der Waals surface area contributed by atoms with Crippen molar-refractivity contribution in [2.75, 3.05) is 30.7 Å². The van der Waals surface area contributed by atoms with Crippen LogP contribution in [-0.4, -0.2) is 46.5 Å². The summed E-state index contributed by atoms with van der Waals surface area (Å²) in [6.45, 7) is 2.04. The van der Waals surface area contributed by atoms with Gasteiger partial charge < -0.3 is 21.1 Å². The fraction of sp³-hybridized carbons (Fsp3) is 0.462. The third-order valence-corrected chi connectivity index (χ3v) is 3.24. The Balaban J connectivity index is 1.88. The quantitative estimate of drug-likeness (QED) is 0.734. The molecule has 1 aromatic heterocycles. The van der Waals surface area contributed by atoms with Crippen LogP contribution in [0.2, 0.25) is 0 Å². The summed E-state index contributed by atoms with van der Waals surface area (Å²) in [5, 5.41) is 11.8. The van der Waals surface area contributed by atoms with E-state index in [2.05, 4.69) is 10.3 Å². The van der Waals surface area contributed by atoms with Crippen molar-refractivity contribution in [3.05, 3.63) is 17.8 Å². The molecule has 0 spiro atoms. The molecule has 0 unspecified atom stereocenters. The summed E-state index contributed by atoms with van der Waals surface area (Å²) in [6, 6.07) is 2.83. The van der Waals surface area contributed by atoms with Crippen LogP contribution in [0.15, 0.2) is 12.1 Å². The zero-order valence-electron chi connectivity index (χ0n) is 11.1. The van der Waals surface area contributed by atoms with Crippen LogP contribution in [0.25, 0.3) is 0 Å². The Kier molecular flexibility index (Phi) is 4.39. The van der Waals surface area contributed by atoms with Gasteiger partial charge in [-0.15, -0.1) is 0 Å². The highest BCUT2D eigenvalue weighted by atomic mass is 16.4. The SMILES string of the molecule is Nc1ccc(C(=O)O)nc1NCCC(=O)N1CCCC1. The Hall–Kier alpha value is -2.31. The molecule has 1 aliphatic heterocycles. The van der Waals surface area contributed by atoms with Gasteiger partial charge in [-0.05, 0) is 25.0 Å². The summed E-state index contributed by atoms with van der Waals surface area (Å²) in [4.78, 5) is 28.4. The van der Waals surface area contributed by atoms with Crippen LogP contribution in [0.1, 0.15) is 29.8 Å². The highest BCUT2D eigenvalue weighted by Crippen LogP contribution is 2.16. The summed E-state index contributed by atoms with van der Waals surface area (Å²) in [7, 11) is 0. The van der Waals surface area contributed by atoms with Gasteiger partial charge in [0.15, 0.2) is 5.69 Å². The van der Waals surface area contributed by atoms with Gasteiger partial charge in [0.2, 0.25) is 5.91 Å². The maximum Gasteiger partial charge on any atom is 0.354 e. The molecule has 7 heteroatoms. The van der Waals surface area contributed by atoms with Crippen LogP contribution in [0.3, 0.4) is 0 Å². The van der Waals surface area contributed by atoms with Crippen LogP contribution < -0.4 is 11.1 Å². The Bertz CT molecular complexity index is 512. The fourth-order valence-electron chi connectivity index (χ4n) is 2.14. The summed E-state index contributed by atoms with van der Waals surface area (Å²) in [6.07, 6.45) is 2.47. The molecule has 1 fully saturated rings. The van der Waals surface area contributed by atoms with E-state index in [1.807, 2.05) is 4.90 Å². The van der Waals surface area contributed by atoms with E-state index in [9.17, 15) is 9.59 Å². The molecule has 1 aliphatic rings. The number of pyridine rings is 1. The van der Waals surface area contributed by atoms with E-state index >= 15 is 0 Å². The van der Waals surface area contributed by atoms with Crippen molar-refractivity contribution in [1.29, 1.82) is 0 Å². The molecule has 2 heterocycles. The normalized spacial score (nSPS) is 14.3. The number of carboxylic acids is 1. The largest absolute Gasteiger partial charge is 0.477 e. The van der Waals surface area contributed by atoms with Crippen molar-refractivity contribution in [1.82, 2.24) is 9.88 Å². The minimum atomic E-state index is -1.11. The fourth-order valence-corrected chi connectivity index (χ4v) is 2.14. The first-order chi connectivity index (χ1) is 9.58. The zero-order valence-corrected chi connectivity index (χ0v) is 11.1. The average Bonchev–Trinajstić information content (AvgIpc) is 2.94. The molecule has 1 aromatic rings. The molecule has 0 bridgehead atoms. The van der Waals surface area contributed by atoms with Gasteiger partial charge in [-0.25, -0.2) is 9.78 Å². The van der Waals surface area contributed by atoms with E-state index < -0.39 is 5.97 Å². The highest BCUT2D eigenvalue weighted by molar-refractivity contribution is 5.86. The monoisotopic (exact) mass is 278 g/mol. The first kappa shape index (κ1) is 14.1. The Morgan fingerprint density at radius 1 is 1.35 bits per heavy atom. The predicted molar refractivity (Wildman–Crippen MR) is 74.5 cm³/mol. The molecular weight excluding hydrogens is 260 g/mol.